The molecule has 0 spiro atoms. The fourth-order valence-corrected chi connectivity index (χ4v) is 5.31. The number of Topliss-reactive ketones (excluding diaryl/α,β-unsaturated/α-hetero) is 2. The predicted octanol–water partition coefficient (Wildman–Crippen LogP) is 8.25. The first-order valence-electron chi connectivity index (χ1n) is 16.5. The Balaban J connectivity index is 3.29. The number of aliphatic hydroxyl groups is 3. The normalized spacial score (nSPS) is 13.9. The highest BCUT2D eigenvalue weighted by atomic mass is 16.4. The van der Waals surface area contributed by atoms with E-state index in [0.29, 0.717) is 11.7 Å². The number of unbranched alkanes of at least 4 members (excludes halogenated alkanes) is 19. The van der Waals surface area contributed by atoms with E-state index in [1.165, 1.54) is 109 Å². The van der Waals surface area contributed by atoms with E-state index in [1.54, 1.807) is 0 Å². The Hall–Kier alpha value is -0.780. The van der Waals surface area contributed by atoms with Crippen molar-refractivity contribution in [1.29, 1.82) is 0 Å². The second-order valence-electron chi connectivity index (χ2n) is 11.6. The molecule has 0 aliphatic carbocycles. The topological polar surface area (TPSA) is 94.8 Å². The molecule has 0 fully saturated rings. The predicted molar refractivity (Wildman–Crippen MR) is 159 cm³/mol. The van der Waals surface area contributed by atoms with Gasteiger partial charge in [0, 0.05) is 18.8 Å². The summed E-state index contributed by atoms with van der Waals surface area (Å²) in [4.78, 5) is 24.0. The zero-order valence-electron chi connectivity index (χ0n) is 25.3. The number of ketones is 2. The van der Waals surface area contributed by atoms with Crippen LogP contribution in [0.1, 0.15) is 174 Å². The molecule has 5 heteroatoms. The molecule has 0 bridgehead atoms. The van der Waals surface area contributed by atoms with Crippen LogP contribution in [0.2, 0.25) is 0 Å². The summed E-state index contributed by atoms with van der Waals surface area (Å²) in [6.07, 6.45) is 26.6. The largest absolute Gasteiger partial charge is 0.394 e. The first-order chi connectivity index (χ1) is 18.5. The minimum absolute atomic E-state index is 0.278. The molecule has 38 heavy (non-hydrogen) atoms. The summed E-state index contributed by atoms with van der Waals surface area (Å²) in [5.74, 6) is 0.463. The van der Waals surface area contributed by atoms with Gasteiger partial charge in [-0.2, -0.15) is 0 Å². The molecule has 0 aliphatic rings. The van der Waals surface area contributed by atoms with E-state index in [0.717, 1.165) is 44.9 Å². The Morgan fingerprint density at radius 3 is 1.18 bits per heavy atom. The zero-order chi connectivity index (χ0) is 28.3. The van der Waals surface area contributed by atoms with Crippen LogP contribution >= 0.6 is 0 Å². The van der Waals surface area contributed by atoms with E-state index in [1.807, 2.05) is 0 Å². The van der Waals surface area contributed by atoms with Crippen molar-refractivity contribution in [2.24, 2.45) is 5.92 Å². The molecule has 5 nitrogen and oxygen atoms in total. The van der Waals surface area contributed by atoms with Crippen molar-refractivity contribution in [3.63, 3.8) is 0 Å². The van der Waals surface area contributed by atoms with Crippen LogP contribution in [-0.4, -0.2) is 45.7 Å². The van der Waals surface area contributed by atoms with Crippen molar-refractivity contribution in [2.45, 2.75) is 187 Å². The van der Waals surface area contributed by atoms with Crippen LogP contribution in [0.4, 0.5) is 0 Å². The number of carbonyl (C=O) groups is 2. The van der Waals surface area contributed by atoms with Gasteiger partial charge in [-0.05, 0) is 25.7 Å². The summed E-state index contributed by atoms with van der Waals surface area (Å²) in [6.45, 7) is 3.77. The average Bonchev–Trinajstić information content (AvgIpc) is 2.93. The summed E-state index contributed by atoms with van der Waals surface area (Å²) in [6, 6.07) is 0. The first-order valence-corrected chi connectivity index (χ1v) is 16.5. The SMILES string of the molecule is CCCCC(CC)C(=O)CCCCCCCCCCCCCCCCCCCCCC(=O)C(O)C(O)CO. The van der Waals surface area contributed by atoms with Gasteiger partial charge in [0.15, 0.2) is 5.78 Å². The summed E-state index contributed by atoms with van der Waals surface area (Å²) in [7, 11) is 0. The third-order valence-corrected chi connectivity index (χ3v) is 8.08. The van der Waals surface area contributed by atoms with Crippen LogP contribution in [0.5, 0.6) is 0 Å². The van der Waals surface area contributed by atoms with E-state index in [2.05, 4.69) is 13.8 Å². The third kappa shape index (κ3) is 22.1. The molecule has 0 saturated heterocycles. The van der Waals surface area contributed by atoms with Gasteiger partial charge >= 0.3 is 0 Å². The highest BCUT2D eigenvalue weighted by molar-refractivity contribution is 5.83. The monoisotopic (exact) mass is 540 g/mol. The molecule has 0 amide bonds. The fraction of sp³-hybridized carbons (Fsp3) is 0.939. The number of aliphatic hydroxyl groups excluding tert-OH is 3. The van der Waals surface area contributed by atoms with Crippen LogP contribution in [-0.2, 0) is 9.59 Å². The quantitative estimate of drug-likeness (QED) is 0.0797. The molecule has 0 saturated carbocycles. The minimum Gasteiger partial charge on any atom is -0.394 e. The van der Waals surface area contributed by atoms with Gasteiger partial charge in [-0.1, -0.05) is 136 Å². The van der Waals surface area contributed by atoms with Gasteiger partial charge in [0.05, 0.1) is 6.61 Å². The van der Waals surface area contributed by atoms with Gasteiger partial charge in [-0.15, -0.1) is 0 Å². The standard InChI is InChI=1S/C33H64O5/c1-3-5-25-29(4-2)30(35)26-23-21-19-17-15-13-11-9-7-6-8-10-12-14-16-18-20-22-24-27-31(36)33(38)32(37)28-34/h29,32-34,37-38H,3-28H2,1-2H3. The number of hydrogen-bond donors (Lipinski definition) is 3. The molecule has 3 unspecified atom stereocenters. The molecule has 3 N–H and O–H groups in total. The summed E-state index contributed by atoms with van der Waals surface area (Å²) in [5.41, 5.74) is 0. The maximum Gasteiger partial charge on any atom is 0.164 e. The van der Waals surface area contributed by atoms with E-state index in [-0.39, 0.29) is 12.2 Å². The van der Waals surface area contributed by atoms with Gasteiger partial charge in [0.2, 0.25) is 0 Å². The molecule has 3 atom stereocenters. The van der Waals surface area contributed by atoms with E-state index >= 15 is 0 Å². The van der Waals surface area contributed by atoms with E-state index in [9.17, 15) is 19.8 Å². The van der Waals surface area contributed by atoms with Crippen LogP contribution in [0.25, 0.3) is 0 Å². The molecule has 0 heterocycles. The zero-order valence-corrected chi connectivity index (χ0v) is 25.3. The van der Waals surface area contributed by atoms with Crippen molar-refractivity contribution >= 4 is 11.6 Å². The smallest absolute Gasteiger partial charge is 0.164 e. The molecule has 0 aromatic heterocycles. The van der Waals surface area contributed by atoms with Crippen LogP contribution in [0.3, 0.4) is 0 Å². The molecule has 0 aromatic rings. The lowest BCUT2D eigenvalue weighted by Crippen LogP contribution is -2.36. The third-order valence-electron chi connectivity index (χ3n) is 8.08. The Morgan fingerprint density at radius 1 is 0.526 bits per heavy atom. The Kier molecular flexibility index (Phi) is 27.2. The number of rotatable bonds is 30. The van der Waals surface area contributed by atoms with Crippen molar-refractivity contribution in [3.8, 4) is 0 Å². The van der Waals surface area contributed by atoms with Crippen molar-refractivity contribution in [3.05, 3.63) is 0 Å². The maximum absolute atomic E-state index is 12.3. The molecule has 226 valence electrons. The van der Waals surface area contributed by atoms with Crippen molar-refractivity contribution in [2.75, 3.05) is 6.61 Å². The molecule has 0 radical (unpaired) electrons. The van der Waals surface area contributed by atoms with Gasteiger partial charge < -0.3 is 15.3 Å². The number of hydrogen-bond acceptors (Lipinski definition) is 5. The molecule has 0 rings (SSSR count). The van der Waals surface area contributed by atoms with Gasteiger partial charge in [-0.25, -0.2) is 0 Å². The Morgan fingerprint density at radius 2 is 0.868 bits per heavy atom. The Bertz CT molecular complexity index is 535. The lowest BCUT2D eigenvalue weighted by atomic mass is 9.91. The van der Waals surface area contributed by atoms with Crippen molar-refractivity contribution < 1.29 is 24.9 Å². The molecule has 0 aromatic carbocycles. The first kappa shape index (κ1) is 37.2. The van der Waals surface area contributed by atoms with Crippen LogP contribution < -0.4 is 0 Å². The summed E-state index contributed by atoms with van der Waals surface area (Å²) >= 11 is 0. The van der Waals surface area contributed by atoms with E-state index < -0.39 is 18.8 Å². The molecule has 0 aliphatic heterocycles. The minimum atomic E-state index is -1.45. The second-order valence-corrected chi connectivity index (χ2v) is 11.6. The molecular weight excluding hydrogens is 476 g/mol. The van der Waals surface area contributed by atoms with Gasteiger partial charge in [0.25, 0.3) is 0 Å². The summed E-state index contributed by atoms with van der Waals surface area (Å²) in [5, 5.41) is 27.6. The van der Waals surface area contributed by atoms with Crippen LogP contribution in [0.15, 0.2) is 0 Å². The Labute approximate surface area is 235 Å². The lowest BCUT2D eigenvalue weighted by molar-refractivity contribution is -0.134. The molecular formula is C33H64O5. The lowest BCUT2D eigenvalue weighted by Gasteiger charge is -2.13. The van der Waals surface area contributed by atoms with E-state index in [4.69, 9.17) is 5.11 Å². The highest BCUT2D eigenvalue weighted by Gasteiger charge is 2.22. The average molecular weight is 541 g/mol. The van der Waals surface area contributed by atoms with Crippen LogP contribution in [0, 0.1) is 5.92 Å². The summed E-state index contributed by atoms with van der Waals surface area (Å²) < 4.78 is 0. The fourth-order valence-electron chi connectivity index (χ4n) is 5.31. The number of carbonyl (C=O) groups excluding carboxylic acids is 2. The second kappa shape index (κ2) is 27.8. The van der Waals surface area contributed by atoms with Gasteiger partial charge in [0.1, 0.15) is 18.0 Å². The van der Waals surface area contributed by atoms with Gasteiger partial charge in [-0.3, -0.25) is 9.59 Å². The van der Waals surface area contributed by atoms with Crippen molar-refractivity contribution in [1.82, 2.24) is 0 Å². The maximum atomic E-state index is 12.3. The highest BCUT2D eigenvalue weighted by Crippen LogP contribution is 2.18.